The van der Waals surface area contributed by atoms with E-state index in [9.17, 15) is 12.3 Å². The standard InChI is InChI=1S/C21H24FNO7S/c1-12-13(2)23(15-10-18(27-4)21(29-6)19(11-15)28-5)20(12)14-7-8-16(26-3)17(9-14)30-31(22,24)25/h7-12,20H,2H2,1,3-6H3/t12-,20-/m1/s1. The maximum atomic E-state index is 13.2. The lowest BCUT2D eigenvalue weighted by molar-refractivity contribution is 0.323. The predicted octanol–water partition coefficient (Wildman–Crippen LogP) is 4.03. The summed E-state index contributed by atoms with van der Waals surface area (Å²) in [6.45, 7) is 6.13. The van der Waals surface area contributed by atoms with Gasteiger partial charge in [0.05, 0.1) is 34.5 Å². The van der Waals surface area contributed by atoms with Crippen LogP contribution in [0.25, 0.3) is 0 Å². The highest BCUT2D eigenvalue weighted by Gasteiger charge is 2.42. The van der Waals surface area contributed by atoms with E-state index < -0.39 is 10.5 Å². The number of rotatable bonds is 8. The molecule has 1 saturated heterocycles. The van der Waals surface area contributed by atoms with Gasteiger partial charge >= 0.3 is 10.5 Å². The van der Waals surface area contributed by atoms with Crippen molar-refractivity contribution in [3.05, 3.63) is 48.2 Å². The van der Waals surface area contributed by atoms with Crippen molar-refractivity contribution in [2.75, 3.05) is 33.3 Å². The molecule has 1 aliphatic heterocycles. The zero-order chi connectivity index (χ0) is 22.9. The molecule has 0 radical (unpaired) electrons. The largest absolute Gasteiger partial charge is 0.493 e. The molecule has 0 aromatic heterocycles. The molecule has 1 aliphatic rings. The molecule has 1 fully saturated rings. The van der Waals surface area contributed by atoms with E-state index in [0.717, 1.165) is 11.4 Å². The van der Waals surface area contributed by atoms with Crippen LogP contribution in [0.5, 0.6) is 28.7 Å². The van der Waals surface area contributed by atoms with Gasteiger partial charge in [0.15, 0.2) is 23.0 Å². The average Bonchev–Trinajstić information content (AvgIpc) is 2.74. The van der Waals surface area contributed by atoms with E-state index >= 15 is 0 Å². The third kappa shape index (κ3) is 4.20. The highest BCUT2D eigenvalue weighted by molar-refractivity contribution is 7.81. The maximum Gasteiger partial charge on any atom is 0.488 e. The van der Waals surface area contributed by atoms with Crippen LogP contribution >= 0.6 is 0 Å². The van der Waals surface area contributed by atoms with Crippen LogP contribution in [0.1, 0.15) is 18.5 Å². The summed E-state index contributed by atoms with van der Waals surface area (Å²) in [7, 11) is 0.689. The van der Waals surface area contributed by atoms with Crippen molar-refractivity contribution in [2.24, 2.45) is 5.92 Å². The lowest BCUT2D eigenvalue weighted by Gasteiger charge is -2.50. The summed E-state index contributed by atoms with van der Waals surface area (Å²) < 4.78 is 61.0. The Hall–Kier alpha value is -3.14. The molecule has 2 aromatic rings. The molecule has 168 valence electrons. The second-order valence-corrected chi connectivity index (χ2v) is 7.82. The summed E-state index contributed by atoms with van der Waals surface area (Å²) in [5.41, 5.74) is 2.25. The molecular formula is C21H24FNO7S. The molecule has 2 aromatic carbocycles. The van der Waals surface area contributed by atoms with Crippen molar-refractivity contribution in [1.82, 2.24) is 0 Å². The summed E-state index contributed by atoms with van der Waals surface area (Å²) in [5, 5.41) is 0. The number of methoxy groups -OCH3 is 4. The van der Waals surface area contributed by atoms with Crippen LogP contribution in [0.4, 0.5) is 9.57 Å². The highest BCUT2D eigenvalue weighted by atomic mass is 32.3. The second kappa shape index (κ2) is 8.54. The van der Waals surface area contributed by atoms with Gasteiger partial charge in [-0.3, -0.25) is 0 Å². The van der Waals surface area contributed by atoms with E-state index in [4.69, 9.17) is 18.9 Å². The van der Waals surface area contributed by atoms with Crippen molar-refractivity contribution < 1.29 is 35.4 Å². The minimum absolute atomic E-state index is 0.0160. The molecule has 0 bridgehead atoms. The van der Waals surface area contributed by atoms with E-state index in [1.807, 2.05) is 11.8 Å². The molecule has 0 saturated carbocycles. The van der Waals surface area contributed by atoms with Crippen LogP contribution in [0.3, 0.4) is 0 Å². The van der Waals surface area contributed by atoms with Crippen molar-refractivity contribution in [3.63, 3.8) is 0 Å². The molecule has 2 atom stereocenters. The van der Waals surface area contributed by atoms with Crippen LogP contribution in [0, 0.1) is 5.92 Å². The Bertz CT molecular complexity index is 1080. The van der Waals surface area contributed by atoms with Gasteiger partial charge in [-0.2, -0.15) is 8.42 Å². The molecule has 0 unspecified atom stereocenters. The first-order valence-electron chi connectivity index (χ1n) is 9.25. The Morgan fingerprint density at radius 1 is 0.903 bits per heavy atom. The monoisotopic (exact) mass is 453 g/mol. The first-order valence-corrected chi connectivity index (χ1v) is 10.6. The third-order valence-corrected chi connectivity index (χ3v) is 5.61. The molecule has 10 heteroatoms. The molecule has 31 heavy (non-hydrogen) atoms. The Kier molecular flexibility index (Phi) is 6.21. The van der Waals surface area contributed by atoms with Gasteiger partial charge in [0.25, 0.3) is 0 Å². The Labute approximate surface area is 181 Å². The van der Waals surface area contributed by atoms with Crippen LogP contribution in [-0.4, -0.2) is 36.9 Å². The fraction of sp³-hybridized carbons (Fsp3) is 0.333. The minimum Gasteiger partial charge on any atom is -0.493 e. The van der Waals surface area contributed by atoms with E-state index in [-0.39, 0.29) is 23.5 Å². The van der Waals surface area contributed by atoms with Crippen molar-refractivity contribution in [2.45, 2.75) is 13.0 Å². The summed E-state index contributed by atoms with van der Waals surface area (Å²) >= 11 is 0. The molecule has 8 nitrogen and oxygen atoms in total. The SMILES string of the molecule is C=C1[C@@H](C)[C@H](c2ccc(OC)c(OS(=O)(=O)F)c2)N1c1cc(OC)c(OC)c(OC)c1. The van der Waals surface area contributed by atoms with Crippen LogP contribution in [0.2, 0.25) is 0 Å². The molecule has 0 N–H and O–H groups in total. The number of ether oxygens (including phenoxy) is 4. The van der Waals surface area contributed by atoms with Gasteiger partial charge in [-0.05, 0) is 17.7 Å². The Morgan fingerprint density at radius 2 is 1.48 bits per heavy atom. The second-order valence-electron chi connectivity index (χ2n) is 6.87. The normalized spacial score (nSPS) is 18.3. The summed E-state index contributed by atoms with van der Waals surface area (Å²) in [6, 6.07) is 8.07. The lowest BCUT2D eigenvalue weighted by atomic mass is 9.81. The minimum atomic E-state index is -5.21. The first kappa shape index (κ1) is 22.5. The van der Waals surface area contributed by atoms with Gasteiger partial charge in [0.1, 0.15) is 0 Å². The summed E-state index contributed by atoms with van der Waals surface area (Å²) in [4.78, 5) is 1.95. The topological polar surface area (TPSA) is 83.5 Å². The van der Waals surface area contributed by atoms with E-state index in [1.54, 1.807) is 18.2 Å². The van der Waals surface area contributed by atoms with Gasteiger partial charge < -0.3 is 28.0 Å². The van der Waals surface area contributed by atoms with Crippen LogP contribution in [0.15, 0.2) is 42.6 Å². The van der Waals surface area contributed by atoms with Gasteiger partial charge in [0.2, 0.25) is 5.75 Å². The van der Waals surface area contributed by atoms with Gasteiger partial charge in [-0.25, -0.2) is 0 Å². The zero-order valence-electron chi connectivity index (χ0n) is 17.8. The molecule has 1 heterocycles. The van der Waals surface area contributed by atoms with Crippen LogP contribution < -0.4 is 28.0 Å². The maximum absolute atomic E-state index is 13.2. The van der Waals surface area contributed by atoms with Crippen molar-refractivity contribution in [3.8, 4) is 28.7 Å². The number of anilines is 1. The number of halogens is 1. The smallest absolute Gasteiger partial charge is 0.488 e. The van der Waals surface area contributed by atoms with E-state index in [2.05, 4.69) is 10.8 Å². The van der Waals surface area contributed by atoms with Crippen molar-refractivity contribution >= 4 is 16.2 Å². The van der Waals surface area contributed by atoms with Crippen LogP contribution in [-0.2, 0) is 10.5 Å². The Balaban J connectivity index is 2.07. The molecular weight excluding hydrogens is 429 g/mol. The number of benzene rings is 2. The summed E-state index contributed by atoms with van der Waals surface area (Å²) in [5.74, 6) is 1.28. The molecule has 0 amide bonds. The lowest BCUT2D eigenvalue weighted by Crippen LogP contribution is -2.45. The van der Waals surface area contributed by atoms with Crippen molar-refractivity contribution in [1.29, 1.82) is 0 Å². The average molecular weight is 453 g/mol. The first-order chi connectivity index (χ1) is 14.6. The van der Waals surface area contributed by atoms with E-state index in [0.29, 0.717) is 22.8 Å². The van der Waals surface area contributed by atoms with Gasteiger partial charge in [-0.15, -0.1) is 0 Å². The summed E-state index contributed by atoms with van der Waals surface area (Å²) in [6.07, 6.45) is 0. The highest BCUT2D eigenvalue weighted by Crippen LogP contribution is 2.52. The molecule has 3 rings (SSSR count). The fourth-order valence-corrected chi connectivity index (χ4v) is 4.09. The third-order valence-electron chi connectivity index (χ3n) is 5.23. The Morgan fingerprint density at radius 3 is 1.97 bits per heavy atom. The number of hydrogen-bond acceptors (Lipinski definition) is 8. The fourth-order valence-electron chi connectivity index (χ4n) is 3.74. The number of nitrogens with zero attached hydrogens (tertiary/aromatic N) is 1. The molecule has 0 spiro atoms. The van der Waals surface area contributed by atoms with Gasteiger partial charge in [-0.1, -0.05) is 23.5 Å². The van der Waals surface area contributed by atoms with Gasteiger partial charge in [0, 0.05) is 29.4 Å². The zero-order valence-corrected chi connectivity index (χ0v) is 18.7. The molecule has 0 aliphatic carbocycles. The number of hydrogen-bond donors (Lipinski definition) is 0. The van der Waals surface area contributed by atoms with E-state index in [1.165, 1.54) is 40.6 Å². The quantitative estimate of drug-likeness (QED) is 0.554. The predicted molar refractivity (Wildman–Crippen MR) is 113 cm³/mol.